The third-order valence-electron chi connectivity index (χ3n) is 3.41. The van der Waals surface area contributed by atoms with Crippen molar-refractivity contribution in [3.05, 3.63) is 12.2 Å². The summed E-state index contributed by atoms with van der Waals surface area (Å²) in [4.78, 5) is 2.61. The van der Waals surface area contributed by atoms with Gasteiger partial charge in [-0.1, -0.05) is 27.4 Å². The second kappa shape index (κ2) is 7.08. The van der Waals surface area contributed by atoms with Crippen LogP contribution in [-0.4, -0.2) is 37.1 Å². The van der Waals surface area contributed by atoms with Gasteiger partial charge in [0, 0.05) is 19.1 Å². The van der Waals surface area contributed by atoms with Gasteiger partial charge in [0.15, 0.2) is 0 Å². The average Bonchev–Trinajstić information content (AvgIpc) is 2.66. The van der Waals surface area contributed by atoms with Crippen LogP contribution in [-0.2, 0) is 0 Å². The zero-order chi connectivity index (χ0) is 12.0. The zero-order valence-electron chi connectivity index (χ0n) is 11.3. The molecule has 94 valence electrons. The molecule has 0 amide bonds. The first-order chi connectivity index (χ1) is 7.65. The molecule has 1 fully saturated rings. The van der Waals surface area contributed by atoms with E-state index in [2.05, 4.69) is 37.6 Å². The molecule has 0 aliphatic carbocycles. The third kappa shape index (κ3) is 4.26. The molecule has 1 rings (SSSR count). The minimum absolute atomic E-state index is 0.777. The topological polar surface area (TPSA) is 15.3 Å². The van der Waals surface area contributed by atoms with E-state index in [0.29, 0.717) is 0 Å². The molecule has 2 heteroatoms. The molecule has 0 aromatic rings. The summed E-state index contributed by atoms with van der Waals surface area (Å²) < 4.78 is 0. The SMILES string of the molecule is C=C(CNCCC)CN1CCCC1C(C)C. The Hall–Kier alpha value is -0.340. The Morgan fingerprint density at radius 3 is 2.88 bits per heavy atom. The van der Waals surface area contributed by atoms with Crippen molar-refractivity contribution in [2.75, 3.05) is 26.2 Å². The highest BCUT2D eigenvalue weighted by atomic mass is 15.2. The molecule has 0 radical (unpaired) electrons. The minimum atomic E-state index is 0.777. The predicted molar refractivity (Wildman–Crippen MR) is 71.7 cm³/mol. The molecule has 1 heterocycles. The van der Waals surface area contributed by atoms with Gasteiger partial charge in [-0.05, 0) is 43.8 Å². The Kier molecular flexibility index (Phi) is 6.07. The first-order valence-corrected chi connectivity index (χ1v) is 6.76. The average molecular weight is 224 g/mol. The summed E-state index contributed by atoms with van der Waals surface area (Å²) in [5.41, 5.74) is 1.33. The molecule has 1 N–H and O–H groups in total. The van der Waals surface area contributed by atoms with Crippen LogP contribution in [0.4, 0.5) is 0 Å². The summed E-state index contributed by atoms with van der Waals surface area (Å²) in [6.07, 6.45) is 3.93. The molecule has 1 aliphatic rings. The van der Waals surface area contributed by atoms with Crippen molar-refractivity contribution < 1.29 is 0 Å². The second-order valence-electron chi connectivity index (χ2n) is 5.35. The molecule has 0 aromatic carbocycles. The molecule has 1 atom stereocenters. The fourth-order valence-corrected chi connectivity index (χ4v) is 2.59. The number of nitrogens with one attached hydrogen (secondary N) is 1. The van der Waals surface area contributed by atoms with Crippen molar-refractivity contribution >= 4 is 0 Å². The van der Waals surface area contributed by atoms with E-state index in [-0.39, 0.29) is 0 Å². The smallest absolute Gasteiger partial charge is 0.0205 e. The van der Waals surface area contributed by atoms with E-state index < -0.39 is 0 Å². The number of rotatable bonds is 7. The largest absolute Gasteiger partial charge is 0.313 e. The van der Waals surface area contributed by atoms with Gasteiger partial charge in [0.25, 0.3) is 0 Å². The summed E-state index contributed by atoms with van der Waals surface area (Å²) in [6.45, 7) is 15.5. The second-order valence-corrected chi connectivity index (χ2v) is 5.35. The molecule has 2 nitrogen and oxygen atoms in total. The lowest BCUT2D eigenvalue weighted by molar-refractivity contribution is 0.221. The molecule has 1 aliphatic heterocycles. The molecule has 0 aromatic heterocycles. The van der Waals surface area contributed by atoms with E-state index in [1.54, 1.807) is 0 Å². The maximum atomic E-state index is 4.18. The Bertz CT molecular complexity index is 211. The molecular weight excluding hydrogens is 196 g/mol. The normalized spacial score (nSPS) is 21.9. The minimum Gasteiger partial charge on any atom is -0.313 e. The Morgan fingerprint density at radius 2 is 2.25 bits per heavy atom. The van der Waals surface area contributed by atoms with Crippen molar-refractivity contribution in [1.29, 1.82) is 0 Å². The van der Waals surface area contributed by atoms with Crippen LogP contribution in [0.15, 0.2) is 12.2 Å². The lowest BCUT2D eigenvalue weighted by atomic mass is 10.0. The zero-order valence-corrected chi connectivity index (χ0v) is 11.3. The number of hydrogen-bond acceptors (Lipinski definition) is 2. The fraction of sp³-hybridized carbons (Fsp3) is 0.857. The van der Waals surface area contributed by atoms with E-state index in [9.17, 15) is 0 Å². The van der Waals surface area contributed by atoms with E-state index in [1.165, 1.54) is 31.4 Å². The Morgan fingerprint density at radius 1 is 1.50 bits per heavy atom. The van der Waals surface area contributed by atoms with Crippen molar-refractivity contribution in [2.24, 2.45) is 5.92 Å². The monoisotopic (exact) mass is 224 g/mol. The number of hydrogen-bond donors (Lipinski definition) is 1. The van der Waals surface area contributed by atoms with Crippen LogP contribution in [0.2, 0.25) is 0 Å². The highest BCUT2D eigenvalue weighted by Crippen LogP contribution is 2.23. The Labute approximate surface area is 101 Å². The van der Waals surface area contributed by atoms with Crippen molar-refractivity contribution in [2.45, 2.75) is 46.1 Å². The molecule has 1 unspecified atom stereocenters. The first-order valence-electron chi connectivity index (χ1n) is 6.76. The van der Waals surface area contributed by atoms with Crippen LogP contribution in [0.25, 0.3) is 0 Å². The van der Waals surface area contributed by atoms with Crippen LogP contribution < -0.4 is 5.32 Å². The first kappa shape index (κ1) is 13.7. The van der Waals surface area contributed by atoms with Crippen molar-refractivity contribution in [1.82, 2.24) is 10.2 Å². The molecule has 0 saturated carbocycles. The van der Waals surface area contributed by atoms with Crippen molar-refractivity contribution in [3.63, 3.8) is 0 Å². The van der Waals surface area contributed by atoms with Crippen LogP contribution in [0.1, 0.15) is 40.0 Å². The van der Waals surface area contributed by atoms with Crippen LogP contribution >= 0.6 is 0 Å². The van der Waals surface area contributed by atoms with Gasteiger partial charge in [-0.15, -0.1) is 0 Å². The van der Waals surface area contributed by atoms with Gasteiger partial charge in [0.1, 0.15) is 0 Å². The van der Waals surface area contributed by atoms with Crippen molar-refractivity contribution in [3.8, 4) is 0 Å². The standard InChI is InChI=1S/C14H28N2/c1-5-8-15-10-13(4)11-16-9-6-7-14(16)12(2)3/h12,14-15H,4-11H2,1-3H3. The van der Waals surface area contributed by atoms with E-state index in [1.807, 2.05) is 0 Å². The van der Waals surface area contributed by atoms with Crippen LogP contribution in [0.5, 0.6) is 0 Å². The van der Waals surface area contributed by atoms with Gasteiger partial charge < -0.3 is 5.32 Å². The summed E-state index contributed by atoms with van der Waals surface area (Å²) >= 11 is 0. The van der Waals surface area contributed by atoms with Gasteiger partial charge >= 0.3 is 0 Å². The quantitative estimate of drug-likeness (QED) is 0.528. The lowest BCUT2D eigenvalue weighted by Crippen LogP contribution is -2.36. The van der Waals surface area contributed by atoms with Gasteiger partial charge in [-0.25, -0.2) is 0 Å². The Balaban J connectivity index is 2.27. The predicted octanol–water partition coefficient (Wildman–Crippen LogP) is 2.66. The molecule has 0 bridgehead atoms. The highest BCUT2D eigenvalue weighted by molar-refractivity contribution is 5.02. The summed E-state index contributed by atoms with van der Waals surface area (Å²) in [5.74, 6) is 0.777. The third-order valence-corrected chi connectivity index (χ3v) is 3.41. The number of likely N-dealkylation sites (tertiary alicyclic amines) is 1. The summed E-state index contributed by atoms with van der Waals surface area (Å²) in [6, 6.07) is 0.780. The summed E-state index contributed by atoms with van der Waals surface area (Å²) in [5, 5.41) is 3.43. The van der Waals surface area contributed by atoms with Gasteiger partial charge in [-0.3, -0.25) is 4.90 Å². The molecule has 16 heavy (non-hydrogen) atoms. The van der Waals surface area contributed by atoms with E-state index >= 15 is 0 Å². The molecule has 1 saturated heterocycles. The van der Waals surface area contributed by atoms with Crippen LogP contribution in [0.3, 0.4) is 0 Å². The maximum Gasteiger partial charge on any atom is 0.0205 e. The highest BCUT2D eigenvalue weighted by Gasteiger charge is 2.26. The molecular formula is C14H28N2. The molecule has 0 spiro atoms. The van der Waals surface area contributed by atoms with Gasteiger partial charge in [0.2, 0.25) is 0 Å². The lowest BCUT2D eigenvalue weighted by Gasteiger charge is -2.28. The summed E-state index contributed by atoms with van der Waals surface area (Å²) in [7, 11) is 0. The van der Waals surface area contributed by atoms with Crippen LogP contribution in [0, 0.1) is 5.92 Å². The van der Waals surface area contributed by atoms with E-state index in [0.717, 1.165) is 31.6 Å². The van der Waals surface area contributed by atoms with Gasteiger partial charge in [0.05, 0.1) is 0 Å². The maximum absolute atomic E-state index is 4.18. The van der Waals surface area contributed by atoms with Gasteiger partial charge in [-0.2, -0.15) is 0 Å². The number of nitrogens with zero attached hydrogens (tertiary/aromatic N) is 1. The van der Waals surface area contributed by atoms with E-state index in [4.69, 9.17) is 0 Å². The fourth-order valence-electron chi connectivity index (χ4n) is 2.59.